The first kappa shape index (κ1) is 57.8. The van der Waals surface area contributed by atoms with Crippen LogP contribution in [0.15, 0.2) is 30.6 Å². The molecule has 7 nitrogen and oxygen atoms in total. The summed E-state index contributed by atoms with van der Waals surface area (Å²) in [7, 11) is 0. The molecule has 378 valence electrons. The summed E-state index contributed by atoms with van der Waals surface area (Å²) in [5.41, 5.74) is 2.74. The molecule has 0 radical (unpaired) electrons. The molecule has 0 spiro atoms. The number of amides is 1. The molecule has 0 aliphatic carbocycles. The number of pyridine rings is 1. The van der Waals surface area contributed by atoms with Crippen LogP contribution in [0, 0.1) is 5.92 Å². The smallest absolute Gasteiger partial charge is 0.225 e. The number of nitrogens with one attached hydrogen (secondary N) is 1. The predicted octanol–water partition coefficient (Wildman–Crippen LogP) is 17.5. The maximum Gasteiger partial charge on any atom is 0.225 e. The molecule has 66 heavy (non-hydrogen) atoms. The maximum absolute atomic E-state index is 13.3. The number of nitrogens with zero attached hydrogens (tertiary/aromatic N) is 5. The van der Waals surface area contributed by atoms with Crippen LogP contribution in [0.4, 0.5) is 5.82 Å². The summed E-state index contributed by atoms with van der Waals surface area (Å²) in [6.45, 7) is 19.5. The molecule has 0 saturated carbocycles. The molecule has 0 fully saturated rings. The van der Waals surface area contributed by atoms with Gasteiger partial charge in [-0.05, 0) is 83.4 Å². The molecular weight excluding hydrogens is 809 g/mol. The van der Waals surface area contributed by atoms with Crippen LogP contribution in [0.2, 0.25) is 0 Å². The minimum absolute atomic E-state index is 0.0425. The summed E-state index contributed by atoms with van der Waals surface area (Å²) in [5.74, 6) is 1.12. The second kappa shape index (κ2) is 39.3. The molecule has 0 atom stereocenters. The Morgan fingerprint density at radius 1 is 0.530 bits per heavy atom. The molecular formula is C59H106N6O. The van der Waals surface area contributed by atoms with Crippen LogP contribution in [-0.2, 0) is 11.3 Å². The lowest BCUT2D eigenvalue weighted by Crippen LogP contribution is -2.32. The largest absolute Gasteiger partial charge is 0.330 e. The van der Waals surface area contributed by atoms with Gasteiger partial charge in [-0.15, -0.1) is 0 Å². The number of imidazole rings is 1. The zero-order valence-electron chi connectivity index (χ0n) is 44.3. The van der Waals surface area contributed by atoms with Crippen LogP contribution in [0.25, 0.3) is 21.9 Å². The number of benzene rings is 1. The topological polar surface area (TPSA) is 66.3 Å². The van der Waals surface area contributed by atoms with Crippen molar-refractivity contribution >= 4 is 33.7 Å². The minimum atomic E-state index is 0.0425. The Labute approximate surface area is 408 Å². The van der Waals surface area contributed by atoms with E-state index < -0.39 is 0 Å². The highest BCUT2D eigenvalue weighted by atomic mass is 16.1. The van der Waals surface area contributed by atoms with Crippen molar-refractivity contribution in [1.29, 1.82) is 0 Å². The van der Waals surface area contributed by atoms with Gasteiger partial charge in [0.25, 0.3) is 0 Å². The van der Waals surface area contributed by atoms with E-state index in [0.717, 1.165) is 54.3 Å². The van der Waals surface area contributed by atoms with E-state index in [1.54, 1.807) is 0 Å². The number of anilines is 1. The second-order valence-corrected chi connectivity index (χ2v) is 20.9. The molecule has 0 aliphatic heterocycles. The summed E-state index contributed by atoms with van der Waals surface area (Å²) < 4.78 is 2.21. The number of carbonyl (C=O) groups is 1. The second-order valence-electron chi connectivity index (χ2n) is 20.9. The zero-order valence-corrected chi connectivity index (χ0v) is 44.3. The van der Waals surface area contributed by atoms with E-state index in [-0.39, 0.29) is 5.91 Å². The number of hydrogen-bond donors (Lipinski definition) is 1. The van der Waals surface area contributed by atoms with Gasteiger partial charge in [0, 0.05) is 18.4 Å². The molecule has 2 aromatic heterocycles. The van der Waals surface area contributed by atoms with Crippen molar-refractivity contribution < 1.29 is 4.79 Å². The lowest BCUT2D eigenvalue weighted by Gasteiger charge is -2.25. The van der Waals surface area contributed by atoms with E-state index in [0.29, 0.717) is 18.2 Å². The fourth-order valence-electron chi connectivity index (χ4n) is 10.1. The molecule has 1 N–H and O–H groups in total. The third-order valence-corrected chi connectivity index (χ3v) is 14.2. The third kappa shape index (κ3) is 26.9. The highest BCUT2D eigenvalue weighted by Gasteiger charge is 2.17. The normalized spacial score (nSPS) is 12.0. The van der Waals surface area contributed by atoms with Crippen LogP contribution in [0.1, 0.15) is 259 Å². The van der Waals surface area contributed by atoms with Gasteiger partial charge >= 0.3 is 0 Å². The molecule has 2 heterocycles. The van der Waals surface area contributed by atoms with E-state index >= 15 is 0 Å². The van der Waals surface area contributed by atoms with Gasteiger partial charge in [-0.2, -0.15) is 0 Å². The van der Waals surface area contributed by atoms with Crippen molar-refractivity contribution in [3.05, 3.63) is 30.6 Å². The molecule has 3 aromatic rings. The van der Waals surface area contributed by atoms with Gasteiger partial charge in [0.15, 0.2) is 5.82 Å². The molecule has 1 amide bonds. The highest BCUT2D eigenvalue weighted by molar-refractivity contribution is 6.09. The molecule has 0 bridgehead atoms. The van der Waals surface area contributed by atoms with Gasteiger partial charge in [0.05, 0.1) is 17.4 Å². The van der Waals surface area contributed by atoms with E-state index in [1.807, 2.05) is 18.5 Å². The van der Waals surface area contributed by atoms with E-state index in [2.05, 4.69) is 66.4 Å². The predicted molar refractivity (Wildman–Crippen MR) is 290 cm³/mol. The van der Waals surface area contributed by atoms with Crippen molar-refractivity contribution in [3.8, 4) is 0 Å². The van der Waals surface area contributed by atoms with Gasteiger partial charge in [-0.25, -0.2) is 9.97 Å². The Kier molecular flexibility index (Phi) is 34.5. The van der Waals surface area contributed by atoms with Crippen molar-refractivity contribution in [3.63, 3.8) is 0 Å². The average molecular weight is 916 g/mol. The Bertz CT molecular complexity index is 1590. The number of aromatic nitrogens is 3. The summed E-state index contributed by atoms with van der Waals surface area (Å²) in [4.78, 5) is 28.4. The number of hydrogen-bond acceptors (Lipinski definition) is 5. The zero-order chi connectivity index (χ0) is 47.1. The number of para-hydroxylation sites is 1. The van der Waals surface area contributed by atoms with Crippen LogP contribution in [0.3, 0.4) is 0 Å². The lowest BCUT2D eigenvalue weighted by molar-refractivity contribution is -0.116. The Morgan fingerprint density at radius 2 is 0.939 bits per heavy atom. The first-order valence-corrected chi connectivity index (χ1v) is 28.9. The third-order valence-electron chi connectivity index (χ3n) is 14.2. The summed E-state index contributed by atoms with van der Waals surface area (Å²) in [5, 5.41) is 4.24. The molecule has 0 saturated heterocycles. The van der Waals surface area contributed by atoms with Crippen molar-refractivity contribution in [2.45, 2.75) is 266 Å². The number of carbonyl (C=O) groups excluding carboxylic acids is 1. The van der Waals surface area contributed by atoms with E-state index in [4.69, 9.17) is 9.97 Å². The molecule has 0 aliphatic rings. The number of rotatable bonds is 46. The van der Waals surface area contributed by atoms with Gasteiger partial charge in [-0.3, -0.25) is 4.79 Å². The molecule has 1 aromatic carbocycles. The summed E-state index contributed by atoms with van der Waals surface area (Å²) in [6, 6.07) is 8.21. The Hall–Kier alpha value is -2.51. The quantitative estimate of drug-likeness (QED) is 0.0572. The van der Waals surface area contributed by atoms with Crippen LogP contribution in [-0.4, -0.2) is 69.5 Å². The SMILES string of the molecule is CCCCCCCCCCCCCCCCCN(CC)CCCN(CCCCCCCCCCCCCCCCC)CCCCCC(=O)Nc1nc2ccccc2c2c1ncn2CC(C)C. The monoisotopic (exact) mass is 915 g/mol. The number of fused-ring (bicyclic) bond motifs is 3. The Balaban J connectivity index is 1.34. The van der Waals surface area contributed by atoms with Crippen LogP contribution in [0.5, 0.6) is 0 Å². The molecule has 3 rings (SSSR count). The van der Waals surface area contributed by atoms with Gasteiger partial charge < -0.3 is 19.7 Å². The van der Waals surface area contributed by atoms with E-state index in [1.165, 1.54) is 232 Å². The first-order chi connectivity index (χ1) is 32.5. The highest BCUT2D eigenvalue weighted by Crippen LogP contribution is 2.29. The summed E-state index contributed by atoms with van der Waals surface area (Å²) >= 11 is 0. The van der Waals surface area contributed by atoms with Gasteiger partial charge in [-0.1, -0.05) is 239 Å². The van der Waals surface area contributed by atoms with Gasteiger partial charge in [0.2, 0.25) is 5.91 Å². The lowest BCUT2D eigenvalue weighted by atomic mass is 10.0. The van der Waals surface area contributed by atoms with Crippen molar-refractivity contribution in [2.75, 3.05) is 44.6 Å². The fraction of sp³-hybridized carbons (Fsp3) is 0.814. The van der Waals surface area contributed by atoms with Crippen LogP contribution < -0.4 is 5.32 Å². The van der Waals surface area contributed by atoms with E-state index in [9.17, 15) is 4.79 Å². The van der Waals surface area contributed by atoms with Gasteiger partial charge in [0.1, 0.15) is 5.52 Å². The number of unbranched alkanes of at least 4 members (excludes halogenated alkanes) is 30. The standard InChI is InChI=1S/C59H106N6O/c1-6-9-11-13-15-17-19-21-23-25-27-29-31-33-39-46-63(8-3)49-42-50-64(47-40-34-32-30-28-26-24-22-20-18-16-14-12-10-7-2)48-41-35-36-45-56(66)62-59-57-58(65(52-60-57)51-53(4)5)54-43-37-38-44-55(54)61-59/h37-38,43-44,52-53H,6-36,39-42,45-51H2,1-5H3,(H,61,62,66). The van der Waals surface area contributed by atoms with Crippen LogP contribution >= 0.6 is 0 Å². The Morgan fingerprint density at radius 3 is 1.41 bits per heavy atom. The summed E-state index contributed by atoms with van der Waals surface area (Å²) in [6.07, 6.45) is 49.4. The van der Waals surface area contributed by atoms with Crippen molar-refractivity contribution in [2.24, 2.45) is 5.92 Å². The molecule has 7 heteroatoms. The fourth-order valence-corrected chi connectivity index (χ4v) is 10.1. The average Bonchev–Trinajstić information content (AvgIpc) is 3.74. The minimum Gasteiger partial charge on any atom is -0.330 e. The molecule has 0 unspecified atom stereocenters. The first-order valence-electron chi connectivity index (χ1n) is 28.9. The van der Waals surface area contributed by atoms with Crippen molar-refractivity contribution in [1.82, 2.24) is 24.3 Å². The maximum atomic E-state index is 13.3.